The van der Waals surface area contributed by atoms with Gasteiger partial charge in [-0.1, -0.05) is 69.7 Å². The lowest BCUT2D eigenvalue weighted by Gasteiger charge is -2.31. The van der Waals surface area contributed by atoms with Gasteiger partial charge in [-0.3, -0.25) is 19.5 Å². The summed E-state index contributed by atoms with van der Waals surface area (Å²) in [5.41, 5.74) is 6.70. The SMILES string of the molecule is COc1ccccc1[C@@H]1C2=C(N=c3s/c(=C/c4cc(Br)ccc4OCc4ccc([N+](=O)[O-])cc4)c(=O)n31)c1ccccc1CC2. The number of ether oxygens (including phenoxy) is 2. The minimum absolute atomic E-state index is 0.0232. The third-order valence-electron chi connectivity index (χ3n) is 8.11. The first-order chi connectivity index (χ1) is 21.9. The summed E-state index contributed by atoms with van der Waals surface area (Å²) in [6.07, 6.45) is 3.50. The second kappa shape index (κ2) is 11.9. The molecule has 0 fully saturated rings. The number of nitrogens with zero attached hydrogens (tertiary/aromatic N) is 3. The van der Waals surface area contributed by atoms with Crippen LogP contribution in [0.15, 0.2) is 111 Å². The summed E-state index contributed by atoms with van der Waals surface area (Å²) in [5, 5.41) is 11.0. The molecule has 1 aliphatic heterocycles. The van der Waals surface area contributed by atoms with Gasteiger partial charge in [0.15, 0.2) is 4.80 Å². The zero-order chi connectivity index (χ0) is 31.1. The van der Waals surface area contributed by atoms with Crippen LogP contribution in [0.2, 0.25) is 0 Å². The molecule has 224 valence electrons. The number of hydrogen-bond acceptors (Lipinski definition) is 7. The maximum Gasteiger partial charge on any atom is 0.271 e. The van der Waals surface area contributed by atoms with E-state index in [2.05, 4.69) is 34.1 Å². The highest BCUT2D eigenvalue weighted by atomic mass is 79.9. The highest BCUT2D eigenvalue weighted by Crippen LogP contribution is 2.43. The van der Waals surface area contributed by atoms with Crippen molar-refractivity contribution in [3.05, 3.63) is 159 Å². The molecular weight excluding hydrogens is 654 g/mol. The molecule has 0 N–H and O–H groups in total. The van der Waals surface area contributed by atoms with Crippen LogP contribution in [-0.2, 0) is 13.0 Å². The van der Waals surface area contributed by atoms with Gasteiger partial charge < -0.3 is 9.47 Å². The molecule has 2 heterocycles. The van der Waals surface area contributed by atoms with E-state index in [4.69, 9.17) is 14.5 Å². The van der Waals surface area contributed by atoms with Gasteiger partial charge in [0.05, 0.1) is 28.3 Å². The Balaban J connectivity index is 1.35. The number of aryl methyl sites for hydroxylation is 1. The van der Waals surface area contributed by atoms with Crippen LogP contribution in [0.1, 0.15) is 40.3 Å². The van der Waals surface area contributed by atoms with E-state index in [1.807, 2.05) is 54.6 Å². The van der Waals surface area contributed by atoms with Gasteiger partial charge in [-0.25, -0.2) is 4.99 Å². The molecule has 0 bridgehead atoms. The second-order valence-electron chi connectivity index (χ2n) is 10.8. The third kappa shape index (κ3) is 5.40. The lowest BCUT2D eigenvalue weighted by molar-refractivity contribution is -0.384. The van der Waals surface area contributed by atoms with Gasteiger partial charge in [0.2, 0.25) is 0 Å². The molecule has 2 aliphatic rings. The number of rotatable bonds is 7. The summed E-state index contributed by atoms with van der Waals surface area (Å²) in [6.45, 7) is 0.210. The molecule has 0 saturated carbocycles. The Hall–Kier alpha value is -4.80. The summed E-state index contributed by atoms with van der Waals surface area (Å²) >= 11 is 4.91. The van der Waals surface area contributed by atoms with Gasteiger partial charge in [-0.15, -0.1) is 0 Å². The van der Waals surface area contributed by atoms with Gasteiger partial charge in [0, 0.05) is 33.3 Å². The van der Waals surface area contributed by atoms with Crippen molar-refractivity contribution in [1.29, 1.82) is 0 Å². The molecule has 7 rings (SSSR count). The van der Waals surface area contributed by atoms with Crippen molar-refractivity contribution in [2.75, 3.05) is 7.11 Å². The van der Waals surface area contributed by atoms with Gasteiger partial charge in [0.1, 0.15) is 18.1 Å². The monoisotopic (exact) mass is 679 g/mol. The van der Waals surface area contributed by atoms with Crippen LogP contribution in [-0.4, -0.2) is 16.6 Å². The van der Waals surface area contributed by atoms with E-state index in [-0.39, 0.29) is 23.9 Å². The lowest BCUT2D eigenvalue weighted by atomic mass is 9.83. The maximum absolute atomic E-state index is 14.3. The van der Waals surface area contributed by atoms with E-state index in [0.29, 0.717) is 15.1 Å². The van der Waals surface area contributed by atoms with Crippen molar-refractivity contribution < 1.29 is 14.4 Å². The van der Waals surface area contributed by atoms with E-state index in [1.54, 1.807) is 23.8 Å². The predicted octanol–water partition coefficient (Wildman–Crippen LogP) is 6.58. The van der Waals surface area contributed by atoms with Crippen LogP contribution >= 0.6 is 27.3 Å². The van der Waals surface area contributed by atoms with Crippen LogP contribution in [0.25, 0.3) is 11.8 Å². The molecule has 1 aliphatic carbocycles. The number of nitro groups is 1. The first-order valence-corrected chi connectivity index (χ1v) is 15.9. The van der Waals surface area contributed by atoms with Crippen LogP contribution in [0.3, 0.4) is 0 Å². The molecule has 1 atom stereocenters. The maximum atomic E-state index is 14.3. The zero-order valence-electron chi connectivity index (χ0n) is 24.1. The van der Waals surface area contributed by atoms with Crippen molar-refractivity contribution in [2.24, 2.45) is 4.99 Å². The van der Waals surface area contributed by atoms with E-state index in [0.717, 1.165) is 56.6 Å². The number of hydrogen-bond donors (Lipinski definition) is 0. The van der Waals surface area contributed by atoms with E-state index in [1.165, 1.54) is 29.0 Å². The van der Waals surface area contributed by atoms with E-state index in [9.17, 15) is 14.9 Å². The Kier molecular flexibility index (Phi) is 7.68. The Morgan fingerprint density at radius 3 is 2.60 bits per heavy atom. The van der Waals surface area contributed by atoms with Crippen molar-refractivity contribution >= 4 is 44.7 Å². The molecule has 0 amide bonds. The smallest absolute Gasteiger partial charge is 0.271 e. The molecule has 10 heteroatoms. The number of nitro benzene ring substituents is 1. The van der Waals surface area contributed by atoms with Crippen LogP contribution in [0.4, 0.5) is 5.69 Å². The highest BCUT2D eigenvalue weighted by molar-refractivity contribution is 9.10. The van der Waals surface area contributed by atoms with Gasteiger partial charge in [-0.05, 0) is 72.0 Å². The molecule has 45 heavy (non-hydrogen) atoms. The van der Waals surface area contributed by atoms with Crippen molar-refractivity contribution in [3.63, 3.8) is 0 Å². The Morgan fingerprint density at radius 2 is 1.80 bits per heavy atom. The molecule has 0 radical (unpaired) electrons. The number of benzene rings is 4. The van der Waals surface area contributed by atoms with Crippen molar-refractivity contribution in [1.82, 2.24) is 4.57 Å². The largest absolute Gasteiger partial charge is 0.496 e. The van der Waals surface area contributed by atoms with Gasteiger partial charge >= 0.3 is 0 Å². The van der Waals surface area contributed by atoms with Crippen LogP contribution in [0, 0.1) is 10.1 Å². The molecule has 8 nitrogen and oxygen atoms in total. The Labute approximate surface area is 270 Å². The normalized spacial score (nSPS) is 15.5. The predicted molar refractivity (Wildman–Crippen MR) is 177 cm³/mol. The number of methoxy groups -OCH3 is 1. The Morgan fingerprint density at radius 1 is 1.02 bits per heavy atom. The number of fused-ring (bicyclic) bond motifs is 3. The third-order valence-corrected chi connectivity index (χ3v) is 9.58. The first-order valence-electron chi connectivity index (χ1n) is 14.3. The van der Waals surface area contributed by atoms with Crippen molar-refractivity contribution in [3.8, 4) is 11.5 Å². The average Bonchev–Trinajstić information content (AvgIpc) is 3.37. The lowest BCUT2D eigenvalue weighted by Crippen LogP contribution is -2.39. The summed E-state index contributed by atoms with van der Waals surface area (Å²) < 4.78 is 15.1. The molecular formula is C35H26BrN3O5S. The average molecular weight is 681 g/mol. The fourth-order valence-corrected chi connectivity index (χ4v) is 7.34. The first kappa shape index (κ1) is 28.9. The van der Waals surface area contributed by atoms with Gasteiger partial charge in [-0.2, -0.15) is 0 Å². The number of thiazole rings is 1. The number of halogens is 1. The fraction of sp³-hybridized carbons (Fsp3) is 0.143. The molecule has 0 saturated heterocycles. The minimum atomic E-state index is -0.430. The number of non-ortho nitro benzene ring substituents is 1. The second-order valence-corrected chi connectivity index (χ2v) is 12.7. The van der Waals surface area contributed by atoms with Crippen LogP contribution < -0.4 is 24.4 Å². The summed E-state index contributed by atoms with van der Waals surface area (Å²) in [6, 6.07) is 27.7. The Bertz CT molecular complexity index is 2190. The summed E-state index contributed by atoms with van der Waals surface area (Å²) in [4.78, 5) is 30.6. The molecule has 5 aromatic rings. The minimum Gasteiger partial charge on any atom is -0.496 e. The van der Waals surface area contributed by atoms with Crippen molar-refractivity contribution in [2.45, 2.75) is 25.5 Å². The highest BCUT2D eigenvalue weighted by Gasteiger charge is 2.34. The molecule has 1 aromatic heterocycles. The number of allylic oxidation sites excluding steroid dienone is 1. The number of aromatic nitrogens is 1. The standard InChI is InChI=1S/C35H26BrN3O5S/c1-43-30-9-5-4-8-27(30)33-28-16-12-22-6-2-3-7-26(22)32(28)37-35-38(33)34(40)31(45-35)19-23-18-24(36)13-17-29(23)44-20-21-10-14-25(15-11-21)39(41)42/h2-11,13-15,17-19,33H,12,16,20H2,1H3/b31-19+/t33-/m1/s1. The van der Waals surface area contributed by atoms with Gasteiger partial charge in [0.25, 0.3) is 11.2 Å². The topological polar surface area (TPSA) is 96.0 Å². The number of para-hydroxylation sites is 1. The fourth-order valence-electron chi connectivity index (χ4n) is 5.97. The van der Waals surface area contributed by atoms with E-state index >= 15 is 0 Å². The summed E-state index contributed by atoms with van der Waals surface area (Å²) in [5.74, 6) is 1.30. The zero-order valence-corrected chi connectivity index (χ0v) is 26.5. The molecule has 4 aromatic carbocycles. The quantitative estimate of drug-likeness (QED) is 0.143. The van der Waals surface area contributed by atoms with Crippen LogP contribution in [0.5, 0.6) is 11.5 Å². The summed E-state index contributed by atoms with van der Waals surface area (Å²) in [7, 11) is 1.65. The van der Waals surface area contributed by atoms with E-state index < -0.39 is 4.92 Å². The molecule has 0 unspecified atom stereocenters. The molecule has 0 spiro atoms.